The van der Waals surface area contributed by atoms with Crippen molar-refractivity contribution in [2.75, 3.05) is 6.54 Å². The lowest BCUT2D eigenvalue weighted by atomic mass is 9.93. The van der Waals surface area contributed by atoms with Crippen molar-refractivity contribution in [3.05, 3.63) is 35.4 Å². The molecule has 0 amide bonds. The van der Waals surface area contributed by atoms with Gasteiger partial charge in [0.15, 0.2) is 5.78 Å². The Morgan fingerprint density at radius 1 is 1.47 bits per heavy atom. The molecule has 100 valence electrons. The molecule has 0 bridgehead atoms. The van der Waals surface area contributed by atoms with E-state index in [-0.39, 0.29) is 18.1 Å². The van der Waals surface area contributed by atoms with Crippen LogP contribution in [0.15, 0.2) is 18.2 Å². The third-order valence-corrected chi connectivity index (χ3v) is 4.27. The fourth-order valence-electron chi connectivity index (χ4n) is 3.24. The van der Waals surface area contributed by atoms with Crippen molar-refractivity contribution in [3.8, 4) is 0 Å². The predicted molar refractivity (Wildman–Crippen MR) is 63.6 cm³/mol. The molecule has 1 aromatic carbocycles. The summed E-state index contributed by atoms with van der Waals surface area (Å²) in [5.41, 5.74) is -0.138. The number of nitrogens with one attached hydrogen (secondary N) is 1. The summed E-state index contributed by atoms with van der Waals surface area (Å²) in [4.78, 5) is 22.1. The molecule has 1 heterocycles. The fraction of sp³-hybridized carbons (Fsp3) is 0.429. The van der Waals surface area contributed by atoms with Gasteiger partial charge in [-0.25, -0.2) is 8.78 Å². The first-order chi connectivity index (χ1) is 9.08. The number of fused-ring (bicyclic) bond motifs is 1. The second-order valence-electron chi connectivity index (χ2n) is 5.29. The summed E-state index contributed by atoms with van der Waals surface area (Å²) >= 11 is 0. The molecule has 0 spiro atoms. The highest BCUT2D eigenvalue weighted by Crippen LogP contribution is 2.59. The summed E-state index contributed by atoms with van der Waals surface area (Å²) in [5, 5.41) is 3.03. The van der Waals surface area contributed by atoms with Crippen LogP contribution in [0, 0.1) is 17.6 Å². The molecule has 2 aliphatic rings. The Labute approximate surface area is 109 Å². The third kappa shape index (κ3) is 1.80. The van der Waals surface area contributed by atoms with E-state index in [1.807, 2.05) is 0 Å². The van der Waals surface area contributed by atoms with E-state index in [0.717, 1.165) is 12.1 Å². The lowest BCUT2D eigenvalue weighted by Crippen LogP contribution is -2.35. The second-order valence-corrected chi connectivity index (χ2v) is 5.29. The zero-order valence-corrected chi connectivity index (χ0v) is 10.2. The third-order valence-electron chi connectivity index (χ3n) is 4.27. The van der Waals surface area contributed by atoms with Crippen molar-refractivity contribution in [1.82, 2.24) is 5.32 Å². The van der Waals surface area contributed by atoms with Crippen LogP contribution < -0.4 is 5.32 Å². The SMILES string of the molecule is O=CCC(=O)C1NC[C@@]2(c3cc(F)ccc3F)C[C@@H]12. The number of Topliss-reactive ketones (excluding diaryl/α,β-unsaturated/α-hetero) is 1. The quantitative estimate of drug-likeness (QED) is 0.660. The van der Waals surface area contributed by atoms with Crippen LogP contribution in [-0.2, 0) is 15.0 Å². The number of ketones is 1. The van der Waals surface area contributed by atoms with Crippen LogP contribution in [0.5, 0.6) is 0 Å². The van der Waals surface area contributed by atoms with Gasteiger partial charge in [-0.2, -0.15) is 0 Å². The zero-order chi connectivity index (χ0) is 13.6. The van der Waals surface area contributed by atoms with Gasteiger partial charge in [0, 0.05) is 12.0 Å². The van der Waals surface area contributed by atoms with E-state index in [4.69, 9.17) is 0 Å². The lowest BCUT2D eigenvalue weighted by Gasteiger charge is -2.13. The molecule has 19 heavy (non-hydrogen) atoms. The van der Waals surface area contributed by atoms with E-state index >= 15 is 0 Å². The van der Waals surface area contributed by atoms with Crippen molar-refractivity contribution < 1.29 is 18.4 Å². The van der Waals surface area contributed by atoms with Crippen molar-refractivity contribution in [3.63, 3.8) is 0 Å². The average molecular weight is 265 g/mol. The first-order valence-corrected chi connectivity index (χ1v) is 6.24. The van der Waals surface area contributed by atoms with Gasteiger partial charge in [0.1, 0.15) is 17.9 Å². The first kappa shape index (κ1) is 12.4. The van der Waals surface area contributed by atoms with Crippen LogP contribution in [-0.4, -0.2) is 24.7 Å². The first-order valence-electron chi connectivity index (χ1n) is 6.24. The van der Waals surface area contributed by atoms with Gasteiger partial charge >= 0.3 is 0 Å². The molecular formula is C14H13F2NO2. The molecule has 0 aromatic heterocycles. The van der Waals surface area contributed by atoms with Crippen LogP contribution in [0.1, 0.15) is 18.4 Å². The smallest absolute Gasteiger partial charge is 0.157 e. The van der Waals surface area contributed by atoms with Crippen molar-refractivity contribution in [2.24, 2.45) is 5.92 Å². The molecule has 1 N–H and O–H groups in total. The average Bonchev–Trinajstić information content (AvgIpc) is 2.99. The Hall–Kier alpha value is -1.62. The number of halogens is 2. The summed E-state index contributed by atoms with van der Waals surface area (Å²) in [6.45, 7) is 0.452. The Bertz CT molecular complexity index is 560. The van der Waals surface area contributed by atoms with Gasteiger partial charge in [0.05, 0.1) is 12.5 Å². The number of piperidine rings is 1. The molecule has 3 atom stereocenters. The van der Waals surface area contributed by atoms with E-state index in [2.05, 4.69) is 5.32 Å². The number of carbonyl (C=O) groups is 2. The van der Waals surface area contributed by atoms with E-state index in [9.17, 15) is 18.4 Å². The minimum absolute atomic E-state index is 0.0313. The Kier molecular flexibility index (Phi) is 2.74. The maximum atomic E-state index is 13.8. The topological polar surface area (TPSA) is 46.2 Å². The van der Waals surface area contributed by atoms with Crippen molar-refractivity contribution in [2.45, 2.75) is 24.3 Å². The van der Waals surface area contributed by atoms with Gasteiger partial charge in [-0.15, -0.1) is 0 Å². The molecule has 1 aliphatic carbocycles. The molecule has 3 rings (SSSR count). The van der Waals surface area contributed by atoms with Gasteiger partial charge in [0.2, 0.25) is 0 Å². The molecular weight excluding hydrogens is 252 g/mol. The van der Waals surface area contributed by atoms with Crippen LogP contribution in [0.3, 0.4) is 0 Å². The molecule has 2 fully saturated rings. The maximum absolute atomic E-state index is 13.8. The summed E-state index contributed by atoms with van der Waals surface area (Å²) in [7, 11) is 0. The van der Waals surface area contributed by atoms with Gasteiger partial charge in [-0.05, 0) is 36.1 Å². The van der Waals surface area contributed by atoms with Gasteiger partial charge in [-0.1, -0.05) is 0 Å². The molecule has 1 aromatic rings. The number of aldehydes is 1. The van der Waals surface area contributed by atoms with Crippen molar-refractivity contribution >= 4 is 12.1 Å². The van der Waals surface area contributed by atoms with Gasteiger partial charge < -0.3 is 10.1 Å². The van der Waals surface area contributed by atoms with E-state index in [1.54, 1.807) is 0 Å². The Balaban J connectivity index is 1.87. The highest BCUT2D eigenvalue weighted by atomic mass is 19.1. The predicted octanol–water partition coefficient (Wildman–Crippen LogP) is 1.35. The van der Waals surface area contributed by atoms with Crippen LogP contribution in [0.2, 0.25) is 0 Å². The fourth-order valence-corrected chi connectivity index (χ4v) is 3.24. The molecule has 1 unspecified atom stereocenters. The maximum Gasteiger partial charge on any atom is 0.157 e. The number of benzene rings is 1. The summed E-state index contributed by atoms with van der Waals surface area (Å²) < 4.78 is 27.1. The molecule has 1 saturated heterocycles. The summed E-state index contributed by atoms with van der Waals surface area (Å²) in [5.74, 6) is -1.11. The largest absolute Gasteiger partial charge is 0.306 e. The lowest BCUT2D eigenvalue weighted by molar-refractivity contribution is -0.124. The standard InChI is InChI=1S/C14H13F2NO2/c15-8-1-2-11(16)9(5-8)14-6-10(14)13(17-7-14)12(19)3-4-18/h1-2,4-5,10,13,17H,3,6-7H2/t10-,13?,14+/m0/s1. The van der Waals surface area contributed by atoms with E-state index in [1.165, 1.54) is 6.07 Å². The summed E-state index contributed by atoms with van der Waals surface area (Å²) in [6.07, 6.45) is 1.11. The second kappa shape index (κ2) is 4.20. The van der Waals surface area contributed by atoms with E-state index < -0.39 is 23.1 Å². The monoisotopic (exact) mass is 265 g/mol. The Morgan fingerprint density at radius 3 is 2.95 bits per heavy atom. The van der Waals surface area contributed by atoms with Crippen LogP contribution in [0.25, 0.3) is 0 Å². The normalized spacial score (nSPS) is 31.9. The van der Waals surface area contributed by atoms with Crippen molar-refractivity contribution in [1.29, 1.82) is 0 Å². The van der Waals surface area contributed by atoms with Gasteiger partial charge in [-0.3, -0.25) is 4.79 Å². The molecule has 1 saturated carbocycles. The number of hydrogen-bond donors (Lipinski definition) is 1. The zero-order valence-electron chi connectivity index (χ0n) is 10.2. The molecule has 3 nitrogen and oxygen atoms in total. The molecule has 1 aliphatic heterocycles. The summed E-state index contributed by atoms with van der Waals surface area (Å²) in [6, 6.07) is 3.01. The van der Waals surface area contributed by atoms with E-state index in [0.29, 0.717) is 24.8 Å². The van der Waals surface area contributed by atoms with Crippen LogP contribution in [0.4, 0.5) is 8.78 Å². The molecule has 0 radical (unpaired) electrons. The highest BCUT2D eigenvalue weighted by Gasteiger charge is 2.64. The minimum Gasteiger partial charge on any atom is -0.306 e. The Morgan fingerprint density at radius 2 is 2.26 bits per heavy atom. The number of hydrogen-bond acceptors (Lipinski definition) is 3. The number of rotatable bonds is 4. The minimum atomic E-state index is -0.477. The van der Waals surface area contributed by atoms with Crippen LogP contribution >= 0.6 is 0 Å². The highest BCUT2D eigenvalue weighted by molar-refractivity contribution is 5.94. The number of carbonyl (C=O) groups excluding carboxylic acids is 2. The van der Waals surface area contributed by atoms with Gasteiger partial charge in [0.25, 0.3) is 0 Å². The molecule has 5 heteroatoms.